The van der Waals surface area contributed by atoms with Crippen LogP contribution in [0, 0.1) is 0 Å². The van der Waals surface area contributed by atoms with Crippen LogP contribution in [0.2, 0.25) is 0 Å². The van der Waals surface area contributed by atoms with Crippen molar-refractivity contribution in [3.8, 4) is 97.5 Å². The van der Waals surface area contributed by atoms with Crippen molar-refractivity contribution in [3.63, 3.8) is 0 Å². The summed E-state index contributed by atoms with van der Waals surface area (Å²) in [4.78, 5) is 26.8. The summed E-state index contributed by atoms with van der Waals surface area (Å²) in [5.41, 5.74) is 0. The monoisotopic (exact) mass is 1200 g/mol. The number of rotatable bonds is 10. The maximum atomic E-state index is 4.34. The summed E-state index contributed by atoms with van der Waals surface area (Å²) < 4.78 is 5.05. The minimum atomic E-state index is 1.18. The van der Waals surface area contributed by atoms with E-state index in [1.54, 1.807) is 45.3 Å². The van der Waals surface area contributed by atoms with Gasteiger partial charge in [0, 0.05) is 97.5 Å². The molecule has 0 fully saturated rings. The Morgan fingerprint density at radius 2 is 0.446 bits per heavy atom. The van der Waals surface area contributed by atoms with Gasteiger partial charge in [-0.3, -0.25) is 0 Å². The Morgan fingerprint density at radius 3 is 0.600 bits per heavy atom. The zero-order chi connectivity index (χ0) is 44.3. The molecule has 17 heteroatoms. The fourth-order valence-corrected chi connectivity index (χ4v) is 19.8. The number of thiophene rings is 12. The molecule has 0 N–H and O–H groups in total. The van der Waals surface area contributed by atoms with Crippen LogP contribution >= 0.6 is 181 Å². The first-order valence-electron chi connectivity index (χ1n) is 19.3. The molecule has 0 bridgehead atoms. The van der Waals surface area contributed by atoms with Crippen molar-refractivity contribution in [2.45, 2.75) is 0 Å². The van der Waals surface area contributed by atoms with Gasteiger partial charge in [0.1, 0.15) is 0 Å². The van der Waals surface area contributed by atoms with Crippen LogP contribution in [0.5, 0.6) is 0 Å². The molecule has 0 saturated carbocycles. The molecule has 0 amide bonds. The van der Waals surface area contributed by atoms with Crippen molar-refractivity contribution in [3.05, 3.63) is 164 Å². The SMILES string of the molecule is Brc1ccc(-c2ccc(-c3ccc(-c4ccc(-c5ccc(-c6ccc(Br)s6)s5)s4)s3)s2)s1.[B]=NS.c1csc(-c2ccc(-c3ccc(-c4ccc(-c5ccc(-c6cccs6)s5)s4)s3)s2)c1. The van der Waals surface area contributed by atoms with Crippen LogP contribution in [-0.4, -0.2) is 7.64 Å². The third-order valence-electron chi connectivity index (χ3n) is 9.47. The van der Waals surface area contributed by atoms with Crippen LogP contribution in [-0.2, 0) is 0 Å². The second kappa shape index (κ2) is 21.5. The van der Waals surface area contributed by atoms with E-state index in [0.717, 1.165) is 0 Å². The summed E-state index contributed by atoms with van der Waals surface area (Å²) in [7, 11) is 4.34. The van der Waals surface area contributed by atoms with Crippen molar-refractivity contribution in [2.75, 3.05) is 0 Å². The second-order valence-electron chi connectivity index (χ2n) is 13.6. The molecular weight excluding hydrogens is 1180 g/mol. The van der Waals surface area contributed by atoms with Gasteiger partial charge in [-0.25, -0.2) is 0 Å². The minimum absolute atomic E-state index is 1.18. The number of hydrogen-bond acceptors (Lipinski definition) is 14. The van der Waals surface area contributed by atoms with Crippen molar-refractivity contribution >= 4 is 188 Å². The molecular formula is C48H27BBr2NS13. The van der Waals surface area contributed by atoms with Gasteiger partial charge in [0.15, 0.2) is 0 Å². The van der Waals surface area contributed by atoms with Crippen LogP contribution in [0.1, 0.15) is 0 Å². The molecule has 12 aromatic rings. The maximum Gasteiger partial charge on any atom is 0.0449 e. The van der Waals surface area contributed by atoms with Crippen LogP contribution in [0.15, 0.2) is 168 Å². The van der Waals surface area contributed by atoms with Gasteiger partial charge in [0.2, 0.25) is 0 Å². The smallest absolute Gasteiger partial charge is 0.0449 e. The van der Waals surface area contributed by atoms with Crippen LogP contribution in [0.3, 0.4) is 0 Å². The van der Waals surface area contributed by atoms with E-state index in [-0.39, 0.29) is 0 Å². The van der Waals surface area contributed by atoms with E-state index in [2.05, 4.69) is 213 Å². The average molecular weight is 1210 g/mol. The second-order valence-corrected chi connectivity index (χ2v) is 29.3. The van der Waals surface area contributed by atoms with E-state index in [1.165, 1.54) is 105 Å². The summed E-state index contributed by atoms with van der Waals surface area (Å²) in [6, 6.07) is 53.3. The van der Waals surface area contributed by atoms with Crippen molar-refractivity contribution < 1.29 is 0 Å². The van der Waals surface area contributed by atoms with Gasteiger partial charge >= 0.3 is 24.8 Å². The van der Waals surface area contributed by atoms with Gasteiger partial charge in [-0.2, -0.15) is 0 Å². The molecule has 0 saturated heterocycles. The Kier molecular flexibility index (Phi) is 15.3. The van der Waals surface area contributed by atoms with E-state index < -0.39 is 0 Å². The Hall–Kier alpha value is -2.43. The first kappa shape index (κ1) is 46.3. The molecule has 0 spiro atoms. The Bertz CT molecular complexity index is 3200. The quantitative estimate of drug-likeness (QED) is 0.104. The third kappa shape index (κ3) is 10.9. The summed E-state index contributed by atoms with van der Waals surface area (Å²) in [6.07, 6.45) is 0. The van der Waals surface area contributed by atoms with Crippen molar-refractivity contribution in [1.82, 2.24) is 0 Å². The zero-order valence-electron chi connectivity index (χ0n) is 33.1. The van der Waals surface area contributed by atoms with Gasteiger partial charge in [-0.05, 0) is 176 Å². The van der Waals surface area contributed by atoms with Gasteiger partial charge < -0.3 is 0 Å². The molecule has 0 unspecified atom stereocenters. The molecule has 12 aromatic heterocycles. The molecule has 0 aliphatic rings. The van der Waals surface area contributed by atoms with Crippen molar-refractivity contribution in [1.29, 1.82) is 0 Å². The Balaban J connectivity index is 0.000000145. The molecule has 1 radical (unpaired) electrons. The van der Waals surface area contributed by atoms with Gasteiger partial charge in [-0.1, -0.05) is 12.1 Å². The summed E-state index contributed by atoms with van der Waals surface area (Å²) in [5.74, 6) is 0. The molecule has 0 aliphatic carbocycles. The minimum Gasteiger partial charge on any atom is -0.143 e. The molecule has 1 nitrogen and oxygen atoms in total. The number of nitrogens with zero attached hydrogens (tertiary/aromatic N) is 1. The molecule has 319 valence electrons. The zero-order valence-corrected chi connectivity index (χ0v) is 47.0. The summed E-state index contributed by atoms with van der Waals surface area (Å²) in [6.45, 7) is 0. The molecule has 65 heavy (non-hydrogen) atoms. The fraction of sp³-hybridized carbons (Fsp3) is 0. The van der Waals surface area contributed by atoms with Crippen LogP contribution in [0.25, 0.3) is 97.5 Å². The van der Waals surface area contributed by atoms with Gasteiger partial charge in [-0.15, -0.1) is 136 Å². The topological polar surface area (TPSA) is 12.4 Å². The third-order valence-corrected chi connectivity index (χ3v) is 25.1. The molecule has 12 heterocycles. The van der Waals surface area contributed by atoms with E-state index in [4.69, 9.17) is 0 Å². The first-order valence-corrected chi connectivity index (χ1v) is 31.2. The van der Waals surface area contributed by atoms with E-state index in [1.807, 2.05) is 90.7 Å². The van der Waals surface area contributed by atoms with E-state index in [0.29, 0.717) is 0 Å². The van der Waals surface area contributed by atoms with Crippen LogP contribution < -0.4 is 0 Å². The molecule has 0 aliphatic heterocycles. The largest absolute Gasteiger partial charge is 0.143 e. The molecule has 0 atom stereocenters. The molecule has 0 aromatic carbocycles. The molecule has 12 rings (SSSR count). The first-order chi connectivity index (χ1) is 31.9. The van der Waals surface area contributed by atoms with Crippen LogP contribution in [0.4, 0.5) is 0 Å². The van der Waals surface area contributed by atoms with Crippen molar-refractivity contribution in [2.24, 2.45) is 4.30 Å². The summed E-state index contributed by atoms with van der Waals surface area (Å²) in [5, 5.41) is 4.28. The normalized spacial score (nSPS) is 11.0. The summed E-state index contributed by atoms with van der Waals surface area (Å²) >= 11 is 32.6. The van der Waals surface area contributed by atoms with Gasteiger partial charge in [0.05, 0.1) is 7.57 Å². The number of thiol groups is 1. The standard InChI is InChI=1S/C24H12Br2S6.C24H14S6.BHNS/c25-23-11-9-21(31-23)19-7-5-17(29-19)15-3-1-13(27-15)14-2-4-16(28-14)18-6-8-20(30-18)22-10-12-24(26)32-22;1-3-15(25-13-1)17-5-7-19(27-17)21-9-11-23(29-21)24-12-10-22(30-24)20-8-6-18(28-20)16-4-2-14-26-16;1-2-3/h1-12H;1-14H;3H. The Morgan fingerprint density at radius 1 is 0.277 bits per heavy atom. The van der Waals surface area contributed by atoms with E-state index >= 15 is 0 Å². The number of halogens is 2. The van der Waals surface area contributed by atoms with Gasteiger partial charge in [0.25, 0.3) is 0 Å². The van der Waals surface area contributed by atoms with E-state index in [9.17, 15) is 0 Å². The average Bonchev–Trinajstić information content (AvgIpc) is 4.15. The number of hydrogen-bond donors (Lipinski definition) is 1. The fourth-order valence-electron chi connectivity index (χ4n) is 6.55. The maximum absolute atomic E-state index is 4.34. The Labute approximate surface area is 448 Å². The predicted molar refractivity (Wildman–Crippen MR) is 314 cm³/mol. The predicted octanol–water partition coefficient (Wildman–Crippen LogP) is 22.5.